The van der Waals surface area contributed by atoms with Gasteiger partial charge in [0.05, 0.1) is 6.10 Å². The summed E-state index contributed by atoms with van der Waals surface area (Å²) >= 11 is 0. The number of aliphatic hydroxyl groups is 1. The van der Waals surface area contributed by atoms with Gasteiger partial charge in [0.1, 0.15) is 0 Å². The SMILES string of the molecule is CC(C)CCCC(C)C1CCC2C1CCC1C2CC=C2CC(O)CCC21C. The molecule has 1 heteroatoms. The van der Waals surface area contributed by atoms with E-state index in [1.165, 1.54) is 57.8 Å². The van der Waals surface area contributed by atoms with E-state index in [0.29, 0.717) is 5.41 Å². The van der Waals surface area contributed by atoms with Gasteiger partial charge in [-0.25, -0.2) is 0 Å². The monoisotopic (exact) mass is 372 g/mol. The molecule has 0 aromatic rings. The summed E-state index contributed by atoms with van der Waals surface area (Å²) < 4.78 is 0. The fourth-order valence-electron chi connectivity index (χ4n) is 8.11. The largest absolute Gasteiger partial charge is 0.393 e. The Hall–Kier alpha value is -0.300. The van der Waals surface area contributed by atoms with E-state index in [9.17, 15) is 5.11 Å². The highest BCUT2D eigenvalue weighted by atomic mass is 16.3. The summed E-state index contributed by atoms with van der Waals surface area (Å²) in [4.78, 5) is 0. The van der Waals surface area contributed by atoms with Crippen LogP contribution in [0.1, 0.15) is 98.3 Å². The number of hydrogen-bond donors (Lipinski definition) is 1. The normalized spacial score (nSPS) is 45.0. The van der Waals surface area contributed by atoms with Crippen molar-refractivity contribution in [2.75, 3.05) is 0 Å². The second kappa shape index (κ2) is 7.85. The molecular weight excluding hydrogens is 328 g/mol. The zero-order valence-electron chi connectivity index (χ0n) is 18.4. The molecule has 0 aromatic carbocycles. The third kappa shape index (κ3) is 3.67. The van der Waals surface area contributed by atoms with Crippen molar-refractivity contribution in [2.24, 2.45) is 46.8 Å². The van der Waals surface area contributed by atoms with Crippen molar-refractivity contribution >= 4 is 0 Å². The molecule has 0 aliphatic heterocycles. The van der Waals surface area contributed by atoms with Crippen LogP contribution in [0.5, 0.6) is 0 Å². The van der Waals surface area contributed by atoms with Gasteiger partial charge in [0, 0.05) is 0 Å². The van der Waals surface area contributed by atoms with Gasteiger partial charge in [-0.15, -0.1) is 0 Å². The number of rotatable bonds is 5. The van der Waals surface area contributed by atoms with Crippen molar-refractivity contribution in [1.29, 1.82) is 0 Å². The summed E-state index contributed by atoms with van der Waals surface area (Å²) in [6, 6.07) is 0. The molecule has 154 valence electrons. The molecule has 4 rings (SSSR count). The van der Waals surface area contributed by atoms with Crippen LogP contribution >= 0.6 is 0 Å². The minimum atomic E-state index is -0.0697. The number of allylic oxidation sites excluding steroid dienone is 1. The van der Waals surface area contributed by atoms with Gasteiger partial charge < -0.3 is 5.11 Å². The molecule has 4 aliphatic rings. The summed E-state index contributed by atoms with van der Waals surface area (Å²) in [5, 5.41) is 10.2. The van der Waals surface area contributed by atoms with Gasteiger partial charge in [-0.1, -0.05) is 58.6 Å². The summed E-state index contributed by atoms with van der Waals surface area (Å²) in [7, 11) is 0. The lowest BCUT2D eigenvalue weighted by atomic mass is 9.50. The van der Waals surface area contributed by atoms with Crippen molar-refractivity contribution in [3.05, 3.63) is 11.6 Å². The van der Waals surface area contributed by atoms with Crippen molar-refractivity contribution in [3.8, 4) is 0 Å². The quantitative estimate of drug-likeness (QED) is 0.515. The van der Waals surface area contributed by atoms with Crippen LogP contribution in [-0.4, -0.2) is 11.2 Å². The standard InChI is InChI=1S/C26H44O/c1-17(2)6-5-7-18(3)21-10-11-23-22(21)12-13-25-24(23)9-8-19-16-20(27)14-15-26(19,25)4/h8,17-18,20-25,27H,5-7,9-16H2,1-4H3. The molecule has 27 heavy (non-hydrogen) atoms. The molecule has 0 spiro atoms. The van der Waals surface area contributed by atoms with Gasteiger partial charge >= 0.3 is 0 Å². The molecule has 1 N–H and O–H groups in total. The molecule has 0 radical (unpaired) electrons. The molecule has 3 saturated carbocycles. The smallest absolute Gasteiger partial charge is 0.0577 e. The molecular formula is C26H44O. The summed E-state index contributed by atoms with van der Waals surface area (Å²) in [6.45, 7) is 9.87. The van der Waals surface area contributed by atoms with Gasteiger partial charge in [0.15, 0.2) is 0 Å². The van der Waals surface area contributed by atoms with Crippen LogP contribution in [0.3, 0.4) is 0 Å². The Balaban J connectivity index is 1.43. The highest BCUT2D eigenvalue weighted by Gasteiger charge is 2.54. The second-order valence-corrected chi connectivity index (χ2v) is 11.5. The number of aliphatic hydroxyl groups excluding tert-OH is 1. The molecule has 3 fully saturated rings. The van der Waals surface area contributed by atoms with Crippen molar-refractivity contribution in [3.63, 3.8) is 0 Å². The lowest BCUT2D eigenvalue weighted by molar-refractivity contribution is -0.0152. The second-order valence-electron chi connectivity index (χ2n) is 11.5. The maximum atomic E-state index is 10.2. The molecule has 0 saturated heterocycles. The van der Waals surface area contributed by atoms with Gasteiger partial charge in [-0.3, -0.25) is 0 Å². The Labute approximate surface area is 168 Å². The van der Waals surface area contributed by atoms with E-state index in [1.807, 2.05) is 0 Å². The van der Waals surface area contributed by atoms with Crippen LogP contribution in [0.4, 0.5) is 0 Å². The van der Waals surface area contributed by atoms with Crippen LogP contribution in [0.2, 0.25) is 0 Å². The Kier molecular flexibility index (Phi) is 5.81. The maximum Gasteiger partial charge on any atom is 0.0577 e. The highest BCUT2D eigenvalue weighted by molar-refractivity contribution is 5.24. The van der Waals surface area contributed by atoms with Gasteiger partial charge in [0.2, 0.25) is 0 Å². The summed E-state index contributed by atoms with van der Waals surface area (Å²) in [5.74, 6) is 6.68. The molecule has 4 aliphatic carbocycles. The van der Waals surface area contributed by atoms with E-state index < -0.39 is 0 Å². The van der Waals surface area contributed by atoms with Gasteiger partial charge in [0.25, 0.3) is 0 Å². The fourth-order valence-corrected chi connectivity index (χ4v) is 8.11. The Morgan fingerprint density at radius 2 is 1.78 bits per heavy atom. The Morgan fingerprint density at radius 3 is 2.56 bits per heavy atom. The minimum absolute atomic E-state index is 0.0697. The lowest BCUT2D eigenvalue weighted by Crippen LogP contribution is -2.47. The minimum Gasteiger partial charge on any atom is -0.393 e. The van der Waals surface area contributed by atoms with Gasteiger partial charge in [-0.05, 0) is 98.2 Å². The van der Waals surface area contributed by atoms with Crippen LogP contribution in [0.15, 0.2) is 11.6 Å². The molecule has 0 aromatic heterocycles. The zero-order chi connectivity index (χ0) is 19.2. The van der Waals surface area contributed by atoms with Crippen LogP contribution in [0, 0.1) is 46.8 Å². The summed E-state index contributed by atoms with van der Waals surface area (Å²) in [5.41, 5.74) is 2.03. The Morgan fingerprint density at radius 1 is 1.00 bits per heavy atom. The first-order valence-corrected chi connectivity index (χ1v) is 12.3. The zero-order valence-corrected chi connectivity index (χ0v) is 18.4. The van der Waals surface area contributed by atoms with Crippen LogP contribution in [0.25, 0.3) is 0 Å². The molecule has 0 bridgehead atoms. The van der Waals surface area contributed by atoms with Gasteiger partial charge in [-0.2, -0.15) is 0 Å². The fraction of sp³-hybridized carbons (Fsp3) is 0.923. The average Bonchev–Trinajstić information content (AvgIpc) is 3.06. The van der Waals surface area contributed by atoms with Crippen molar-refractivity contribution in [1.82, 2.24) is 0 Å². The first-order valence-electron chi connectivity index (χ1n) is 12.3. The molecule has 0 heterocycles. The first-order chi connectivity index (χ1) is 12.9. The number of fused-ring (bicyclic) bond motifs is 5. The van der Waals surface area contributed by atoms with E-state index in [4.69, 9.17) is 0 Å². The van der Waals surface area contributed by atoms with E-state index in [0.717, 1.165) is 54.3 Å². The topological polar surface area (TPSA) is 20.2 Å². The Bertz CT molecular complexity index is 548. The summed E-state index contributed by atoms with van der Waals surface area (Å²) in [6.07, 6.45) is 17.3. The van der Waals surface area contributed by atoms with Crippen molar-refractivity contribution < 1.29 is 5.11 Å². The molecule has 8 unspecified atom stereocenters. The molecule has 8 atom stereocenters. The number of hydrogen-bond acceptors (Lipinski definition) is 1. The molecule has 1 nitrogen and oxygen atoms in total. The average molecular weight is 373 g/mol. The highest BCUT2D eigenvalue weighted by Crippen LogP contribution is 2.62. The van der Waals surface area contributed by atoms with Crippen LogP contribution < -0.4 is 0 Å². The predicted molar refractivity (Wildman–Crippen MR) is 114 cm³/mol. The van der Waals surface area contributed by atoms with E-state index in [2.05, 4.69) is 33.8 Å². The lowest BCUT2D eigenvalue weighted by Gasteiger charge is -2.55. The first kappa shape index (κ1) is 20.0. The van der Waals surface area contributed by atoms with E-state index in [1.54, 1.807) is 5.57 Å². The third-order valence-corrected chi connectivity index (χ3v) is 9.62. The van der Waals surface area contributed by atoms with E-state index in [-0.39, 0.29) is 6.10 Å². The van der Waals surface area contributed by atoms with Crippen molar-refractivity contribution in [2.45, 2.75) is 104 Å². The predicted octanol–water partition coefficient (Wildman–Crippen LogP) is 7.00. The molecule has 0 amide bonds. The van der Waals surface area contributed by atoms with Crippen LogP contribution in [-0.2, 0) is 0 Å². The van der Waals surface area contributed by atoms with E-state index >= 15 is 0 Å². The maximum absolute atomic E-state index is 10.2. The third-order valence-electron chi connectivity index (χ3n) is 9.62.